The van der Waals surface area contributed by atoms with Crippen molar-refractivity contribution in [3.05, 3.63) is 65.2 Å². The Morgan fingerprint density at radius 2 is 1.65 bits per heavy atom. The summed E-state index contributed by atoms with van der Waals surface area (Å²) in [6, 6.07) is 16.5. The number of benzene rings is 2. The number of phenols is 1. The molecule has 0 saturated carbocycles. The van der Waals surface area contributed by atoms with Gasteiger partial charge in [-0.2, -0.15) is 0 Å². The molecule has 1 nitrogen and oxygen atoms in total. The molecule has 0 aliphatic heterocycles. The van der Waals surface area contributed by atoms with Gasteiger partial charge >= 0.3 is 0 Å². The number of aromatic hydroxyl groups is 1. The van der Waals surface area contributed by atoms with Crippen LogP contribution in [0.4, 0.5) is 0 Å². The molecule has 23 heavy (non-hydrogen) atoms. The predicted octanol–water partition coefficient (Wildman–Crippen LogP) is 6.40. The quantitative estimate of drug-likeness (QED) is 0.627. The molecule has 0 bridgehead atoms. The summed E-state index contributed by atoms with van der Waals surface area (Å²) in [6.07, 6.45) is 4.75. The van der Waals surface area contributed by atoms with E-state index in [1.165, 1.54) is 30.4 Å². The molecule has 2 aromatic carbocycles. The van der Waals surface area contributed by atoms with E-state index in [1.54, 1.807) is 0 Å². The highest BCUT2D eigenvalue weighted by Gasteiger charge is 2.30. The second-order valence-electron chi connectivity index (χ2n) is 6.98. The fourth-order valence-electron chi connectivity index (χ4n) is 3.61. The smallest absolute Gasteiger partial charge is 0.119 e. The van der Waals surface area contributed by atoms with Crippen molar-refractivity contribution in [3.8, 4) is 5.75 Å². The summed E-state index contributed by atoms with van der Waals surface area (Å²) in [5, 5.41) is 10.7. The molecule has 1 heteroatoms. The molecular weight excluding hydrogens is 280 g/mol. The van der Waals surface area contributed by atoms with E-state index in [1.807, 2.05) is 18.2 Å². The molecule has 0 aliphatic rings. The zero-order valence-corrected chi connectivity index (χ0v) is 15.0. The van der Waals surface area contributed by atoms with Crippen LogP contribution in [0.2, 0.25) is 0 Å². The summed E-state index contributed by atoms with van der Waals surface area (Å²) in [6.45, 7) is 8.93. The Morgan fingerprint density at radius 1 is 0.957 bits per heavy atom. The second-order valence-corrected chi connectivity index (χ2v) is 6.98. The highest BCUT2D eigenvalue weighted by atomic mass is 16.3. The van der Waals surface area contributed by atoms with Crippen LogP contribution in [0.1, 0.15) is 76.0 Å². The van der Waals surface area contributed by atoms with Gasteiger partial charge in [-0.1, -0.05) is 83.0 Å². The van der Waals surface area contributed by atoms with Gasteiger partial charge in [-0.25, -0.2) is 0 Å². The Hall–Kier alpha value is -1.76. The van der Waals surface area contributed by atoms with E-state index in [2.05, 4.69) is 58.0 Å². The third kappa shape index (κ3) is 3.77. The molecule has 0 radical (unpaired) electrons. The minimum atomic E-state index is -0.207. The lowest BCUT2D eigenvalue weighted by atomic mass is 9.72. The van der Waals surface area contributed by atoms with Gasteiger partial charge in [-0.15, -0.1) is 0 Å². The third-order valence-corrected chi connectivity index (χ3v) is 5.03. The van der Waals surface area contributed by atoms with E-state index in [9.17, 15) is 5.11 Å². The van der Waals surface area contributed by atoms with Crippen LogP contribution >= 0.6 is 0 Å². The average Bonchev–Trinajstić information content (AvgIpc) is 2.56. The van der Waals surface area contributed by atoms with Gasteiger partial charge in [-0.3, -0.25) is 0 Å². The van der Waals surface area contributed by atoms with Crippen LogP contribution in [0.3, 0.4) is 0 Å². The summed E-state index contributed by atoms with van der Waals surface area (Å²) in [5.41, 5.74) is 3.44. The van der Waals surface area contributed by atoms with Gasteiger partial charge in [0.25, 0.3) is 0 Å². The number of phenolic OH excluding ortho intramolecular Hbond substituents is 1. The van der Waals surface area contributed by atoms with Gasteiger partial charge in [0.2, 0.25) is 0 Å². The molecule has 124 valence electrons. The largest absolute Gasteiger partial charge is 0.508 e. The fraction of sp³-hybridized carbons (Fsp3) is 0.455. The van der Waals surface area contributed by atoms with Crippen LogP contribution in [-0.2, 0) is 5.41 Å². The SMILES string of the molecule is CCCCC(CC)c1cccc(O)c1C(C)(C)c1ccccc1. The fourth-order valence-corrected chi connectivity index (χ4v) is 3.61. The van der Waals surface area contributed by atoms with E-state index >= 15 is 0 Å². The van der Waals surface area contributed by atoms with E-state index in [0.717, 1.165) is 12.0 Å². The highest BCUT2D eigenvalue weighted by Crippen LogP contribution is 2.43. The Kier molecular flexibility index (Phi) is 5.87. The summed E-state index contributed by atoms with van der Waals surface area (Å²) < 4.78 is 0. The van der Waals surface area contributed by atoms with E-state index < -0.39 is 0 Å². The van der Waals surface area contributed by atoms with Gasteiger partial charge in [0.05, 0.1) is 0 Å². The normalized spacial score (nSPS) is 13.0. The van der Waals surface area contributed by atoms with Crippen molar-refractivity contribution in [2.45, 2.75) is 64.7 Å². The number of unbranched alkanes of at least 4 members (excludes halogenated alkanes) is 1. The summed E-state index contributed by atoms with van der Waals surface area (Å²) >= 11 is 0. The molecule has 2 aromatic rings. The maximum absolute atomic E-state index is 10.7. The lowest BCUT2D eigenvalue weighted by molar-refractivity contribution is 0.445. The molecular formula is C22H30O. The van der Waals surface area contributed by atoms with Crippen LogP contribution in [0.5, 0.6) is 5.75 Å². The Bertz CT molecular complexity index is 613. The number of rotatable bonds is 7. The predicted molar refractivity (Wildman–Crippen MR) is 99.2 cm³/mol. The first-order chi connectivity index (χ1) is 11.0. The van der Waals surface area contributed by atoms with Gasteiger partial charge < -0.3 is 5.11 Å². The van der Waals surface area contributed by atoms with Gasteiger partial charge in [0.15, 0.2) is 0 Å². The lowest BCUT2D eigenvalue weighted by Gasteiger charge is -2.32. The molecule has 0 aliphatic carbocycles. The standard InChI is InChI=1S/C22H30O/c1-5-7-12-17(6-2)19-15-11-16-20(23)21(19)22(3,4)18-13-9-8-10-14-18/h8-11,13-17,23H,5-7,12H2,1-4H3. The number of hydrogen-bond acceptors (Lipinski definition) is 1. The van der Waals surface area contributed by atoms with Crippen LogP contribution in [0.15, 0.2) is 48.5 Å². The highest BCUT2D eigenvalue weighted by molar-refractivity contribution is 5.51. The van der Waals surface area contributed by atoms with E-state index in [4.69, 9.17) is 0 Å². The van der Waals surface area contributed by atoms with E-state index in [0.29, 0.717) is 11.7 Å². The van der Waals surface area contributed by atoms with Gasteiger partial charge in [-0.05, 0) is 36.0 Å². The molecule has 0 heterocycles. The summed E-state index contributed by atoms with van der Waals surface area (Å²) in [7, 11) is 0. The van der Waals surface area contributed by atoms with Crippen molar-refractivity contribution >= 4 is 0 Å². The molecule has 0 spiro atoms. The first-order valence-corrected chi connectivity index (χ1v) is 8.90. The molecule has 2 rings (SSSR count). The monoisotopic (exact) mass is 310 g/mol. The lowest BCUT2D eigenvalue weighted by Crippen LogP contribution is -2.22. The summed E-state index contributed by atoms with van der Waals surface area (Å²) in [4.78, 5) is 0. The van der Waals surface area contributed by atoms with Crippen molar-refractivity contribution in [2.75, 3.05) is 0 Å². The molecule has 0 aromatic heterocycles. The van der Waals surface area contributed by atoms with Crippen molar-refractivity contribution in [1.82, 2.24) is 0 Å². The zero-order chi connectivity index (χ0) is 16.9. The van der Waals surface area contributed by atoms with Crippen LogP contribution < -0.4 is 0 Å². The van der Waals surface area contributed by atoms with Crippen molar-refractivity contribution < 1.29 is 5.11 Å². The number of hydrogen-bond donors (Lipinski definition) is 1. The molecule has 0 amide bonds. The minimum Gasteiger partial charge on any atom is -0.508 e. The Labute approximate surface area is 141 Å². The van der Waals surface area contributed by atoms with Crippen molar-refractivity contribution in [1.29, 1.82) is 0 Å². The maximum Gasteiger partial charge on any atom is 0.119 e. The Morgan fingerprint density at radius 3 is 2.26 bits per heavy atom. The van der Waals surface area contributed by atoms with E-state index in [-0.39, 0.29) is 5.41 Å². The summed E-state index contributed by atoms with van der Waals surface area (Å²) in [5.74, 6) is 0.936. The molecule has 0 saturated heterocycles. The maximum atomic E-state index is 10.7. The van der Waals surface area contributed by atoms with Crippen LogP contribution in [0, 0.1) is 0 Å². The Balaban J connectivity index is 2.53. The first-order valence-electron chi connectivity index (χ1n) is 8.90. The van der Waals surface area contributed by atoms with Gasteiger partial charge in [0.1, 0.15) is 5.75 Å². The average molecular weight is 310 g/mol. The topological polar surface area (TPSA) is 20.2 Å². The minimum absolute atomic E-state index is 0.207. The first kappa shape index (κ1) is 17.6. The van der Waals surface area contributed by atoms with Crippen LogP contribution in [0.25, 0.3) is 0 Å². The van der Waals surface area contributed by atoms with Crippen molar-refractivity contribution in [3.63, 3.8) is 0 Å². The van der Waals surface area contributed by atoms with Crippen molar-refractivity contribution in [2.24, 2.45) is 0 Å². The second kappa shape index (κ2) is 7.68. The zero-order valence-electron chi connectivity index (χ0n) is 15.0. The molecule has 1 unspecified atom stereocenters. The van der Waals surface area contributed by atoms with Gasteiger partial charge in [0, 0.05) is 11.0 Å². The molecule has 1 atom stereocenters. The van der Waals surface area contributed by atoms with Crippen LogP contribution in [-0.4, -0.2) is 5.11 Å². The molecule has 0 fully saturated rings. The molecule has 1 N–H and O–H groups in total. The third-order valence-electron chi connectivity index (χ3n) is 5.03.